The highest BCUT2D eigenvalue weighted by Crippen LogP contribution is 2.25. The van der Waals surface area contributed by atoms with Crippen molar-refractivity contribution in [1.29, 1.82) is 0 Å². The van der Waals surface area contributed by atoms with Crippen molar-refractivity contribution in [1.82, 2.24) is 15.4 Å². The Bertz CT molecular complexity index is 395. The number of rotatable bonds is 4. The molecule has 4 nitrogen and oxygen atoms in total. The smallest absolute Gasteiger partial charge is 0.142 e. The van der Waals surface area contributed by atoms with Gasteiger partial charge in [0, 0.05) is 43.7 Å². The second-order valence-corrected chi connectivity index (χ2v) is 5.50. The van der Waals surface area contributed by atoms with Crippen LogP contribution in [-0.4, -0.2) is 28.7 Å². The molecule has 3 rings (SSSR count). The Morgan fingerprint density at radius 2 is 2.29 bits per heavy atom. The van der Waals surface area contributed by atoms with Crippen LogP contribution in [-0.2, 0) is 19.5 Å². The van der Waals surface area contributed by atoms with Gasteiger partial charge >= 0.3 is 0 Å². The van der Waals surface area contributed by atoms with E-state index in [1.807, 2.05) is 0 Å². The topological polar surface area (TPSA) is 41.3 Å². The average Bonchev–Trinajstić information content (AvgIpc) is 3.06. The van der Waals surface area contributed by atoms with Gasteiger partial charge in [0.15, 0.2) is 0 Å². The molecular weight excluding hydrogens is 214 g/mol. The van der Waals surface area contributed by atoms with Crippen LogP contribution in [0.2, 0.25) is 0 Å². The molecule has 2 heterocycles. The molecule has 1 aliphatic heterocycles. The minimum absolute atomic E-state index is 0.599. The summed E-state index contributed by atoms with van der Waals surface area (Å²) in [6, 6.07) is 1.33. The Balaban J connectivity index is 1.71. The van der Waals surface area contributed by atoms with Crippen molar-refractivity contribution < 1.29 is 4.52 Å². The van der Waals surface area contributed by atoms with E-state index in [9.17, 15) is 0 Å². The molecule has 1 aromatic rings. The molecule has 4 heteroatoms. The fraction of sp³-hybridized carbons (Fsp3) is 0.769. The molecule has 0 saturated heterocycles. The quantitative estimate of drug-likeness (QED) is 0.862. The van der Waals surface area contributed by atoms with Crippen LogP contribution in [0, 0.1) is 0 Å². The summed E-state index contributed by atoms with van der Waals surface area (Å²) < 4.78 is 5.45. The summed E-state index contributed by atoms with van der Waals surface area (Å²) in [5, 5.41) is 7.74. The maximum absolute atomic E-state index is 5.45. The van der Waals surface area contributed by atoms with Crippen LogP contribution in [0.25, 0.3) is 0 Å². The van der Waals surface area contributed by atoms with Gasteiger partial charge in [-0.15, -0.1) is 0 Å². The summed E-state index contributed by atoms with van der Waals surface area (Å²) in [6.45, 7) is 7.46. The van der Waals surface area contributed by atoms with E-state index in [2.05, 4.69) is 29.2 Å². The Hall–Kier alpha value is -0.870. The van der Waals surface area contributed by atoms with E-state index in [1.165, 1.54) is 18.4 Å². The van der Waals surface area contributed by atoms with Gasteiger partial charge in [0.2, 0.25) is 0 Å². The monoisotopic (exact) mass is 235 g/mol. The van der Waals surface area contributed by atoms with Crippen molar-refractivity contribution in [2.45, 2.75) is 58.3 Å². The molecule has 1 aliphatic carbocycles. The minimum atomic E-state index is 0.599. The number of aromatic nitrogens is 1. The van der Waals surface area contributed by atoms with Crippen LogP contribution in [0.4, 0.5) is 0 Å². The van der Waals surface area contributed by atoms with E-state index in [1.54, 1.807) is 0 Å². The maximum Gasteiger partial charge on any atom is 0.142 e. The van der Waals surface area contributed by atoms with Gasteiger partial charge in [-0.3, -0.25) is 4.90 Å². The predicted molar refractivity (Wildman–Crippen MR) is 65.6 cm³/mol. The van der Waals surface area contributed by atoms with Gasteiger partial charge in [-0.25, -0.2) is 0 Å². The molecule has 2 aliphatic rings. The molecule has 17 heavy (non-hydrogen) atoms. The second kappa shape index (κ2) is 4.42. The lowest BCUT2D eigenvalue weighted by Gasteiger charge is -2.29. The lowest BCUT2D eigenvalue weighted by atomic mass is 10.0. The van der Waals surface area contributed by atoms with Gasteiger partial charge in [0.1, 0.15) is 11.5 Å². The largest absolute Gasteiger partial charge is 0.361 e. The Morgan fingerprint density at radius 3 is 3.00 bits per heavy atom. The highest BCUT2D eigenvalue weighted by molar-refractivity contribution is 5.25. The fourth-order valence-electron chi connectivity index (χ4n) is 2.39. The van der Waals surface area contributed by atoms with Crippen LogP contribution in [0.3, 0.4) is 0 Å². The molecule has 0 amide bonds. The minimum Gasteiger partial charge on any atom is -0.361 e. The molecule has 0 aromatic carbocycles. The highest BCUT2D eigenvalue weighted by Gasteiger charge is 2.26. The first-order valence-corrected chi connectivity index (χ1v) is 6.68. The fourth-order valence-corrected chi connectivity index (χ4v) is 2.39. The van der Waals surface area contributed by atoms with Crippen LogP contribution in [0.15, 0.2) is 4.52 Å². The van der Waals surface area contributed by atoms with Crippen molar-refractivity contribution in [2.75, 3.05) is 6.54 Å². The van der Waals surface area contributed by atoms with Crippen molar-refractivity contribution in [3.63, 3.8) is 0 Å². The molecule has 0 unspecified atom stereocenters. The summed E-state index contributed by atoms with van der Waals surface area (Å²) in [7, 11) is 0. The summed E-state index contributed by atoms with van der Waals surface area (Å²) in [4.78, 5) is 2.49. The molecule has 0 atom stereocenters. The zero-order valence-corrected chi connectivity index (χ0v) is 10.7. The first-order valence-electron chi connectivity index (χ1n) is 6.68. The summed E-state index contributed by atoms with van der Waals surface area (Å²) in [5.74, 6) is 1.11. The number of hydrogen-bond donors (Lipinski definition) is 1. The van der Waals surface area contributed by atoms with Crippen molar-refractivity contribution in [3.8, 4) is 0 Å². The third kappa shape index (κ3) is 2.38. The zero-order chi connectivity index (χ0) is 11.8. The van der Waals surface area contributed by atoms with Gasteiger partial charge in [-0.1, -0.05) is 5.16 Å². The third-order valence-electron chi connectivity index (χ3n) is 3.80. The van der Waals surface area contributed by atoms with Crippen LogP contribution >= 0.6 is 0 Å². The van der Waals surface area contributed by atoms with E-state index >= 15 is 0 Å². The summed E-state index contributed by atoms with van der Waals surface area (Å²) >= 11 is 0. The van der Waals surface area contributed by atoms with E-state index in [-0.39, 0.29) is 0 Å². The van der Waals surface area contributed by atoms with Crippen molar-refractivity contribution in [3.05, 3.63) is 17.0 Å². The average molecular weight is 235 g/mol. The highest BCUT2D eigenvalue weighted by atomic mass is 16.5. The molecule has 1 aromatic heterocycles. The van der Waals surface area contributed by atoms with E-state index < -0.39 is 0 Å². The predicted octanol–water partition coefficient (Wildman–Crippen LogP) is 1.69. The van der Waals surface area contributed by atoms with Crippen LogP contribution < -0.4 is 5.32 Å². The molecule has 94 valence electrons. The zero-order valence-electron chi connectivity index (χ0n) is 10.7. The number of fused-ring (bicyclic) bond motifs is 1. The van der Waals surface area contributed by atoms with Crippen LogP contribution in [0.1, 0.15) is 43.7 Å². The lowest BCUT2D eigenvalue weighted by molar-refractivity contribution is 0.192. The maximum atomic E-state index is 5.45. The second-order valence-electron chi connectivity index (χ2n) is 5.50. The first-order chi connectivity index (χ1) is 8.24. The molecular formula is C13H21N3O. The standard InChI is InChI=1S/C13H21N3O/c1-9(2)16-6-5-13-11(8-16)12(15-17-13)7-14-10-3-4-10/h9-10,14H,3-8H2,1-2H3. The lowest BCUT2D eigenvalue weighted by Crippen LogP contribution is -2.36. The van der Waals surface area contributed by atoms with Crippen molar-refractivity contribution >= 4 is 0 Å². The Kier molecular flexibility index (Phi) is 2.92. The van der Waals surface area contributed by atoms with E-state index in [0.717, 1.165) is 43.6 Å². The SMILES string of the molecule is CC(C)N1CCc2onc(CNC3CC3)c2C1. The van der Waals surface area contributed by atoms with Gasteiger partial charge < -0.3 is 9.84 Å². The number of nitrogens with zero attached hydrogens (tertiary/aromatic N) is 2. The van der Waals surface area contributed by atoms with Gasteiger partial charge in [-0.2, -0.15) is 0 Å². The number of hydrogen-bond acceptors (Lipinski definition) is 4. The Morgan fingerprint density at radius 1 is 1.47 bits per heavy atom. The van der Waals surface area contributed by atoms with Gasteiger partial charge in [0.05, 0.1) is 0 Å². The molecule has 0 bridgehead atoms. The number of nitrogens with one attached hydrogen (secondary N) is 1. The molecule has 1 fully saturated rings. The Labute approximate surface area is 102 Å². The van der Waals surface area contributed by atoms with E-state index in [4.69, 9.17) is 4.52 Å². The summed E-state index contributed by atoms with van der Waals surface area (Å²) in [5.41, 5.74) is 2.45. The van der Waals surface area contributed by atoms with Crippen molar-refractivity contribution in [2.24, 2.45) is 0 Å². The molecule has 0 radical (unpaired) electrons. The van der Waals surface area contributed by atoms with Gasteiger partial charge in [-0.05, 0) is 26.7 Å². The molecule has 0 spiro atoms. The molecule has 1 saturated carbocycles. The normalized spacial score (nSPS) is 20.9. The van der Waals surface area contributed by atoms with Gasteiger partial charge in [0.25, 0.3) is 0 Å². The third-order valence-corrected chi connectivity index (χ3v) is 3.80. The van der Waals surface area contributed by atoms with E-state index in [0.29, 0.717) is 6.04 Å². The molecule has 1 N–H and O–H groups in total. The first kappa shape index (κ1) is 11.2. The van der Waals surface area contributed by atoms with Crippen LogP contribution in [0.5, 0.6) is 0 Å². The summed E-state index contributed by atoms with van der Waals surface area (Å²) in [6.07, 6.45) is 3.64.